The highest BCUT2D eigenvalue weighted by atomic mass is 16.3. The van der Waals surface area contributed by atoms with E-state index in [0.717, 1.165) is 42.5 Å². The molecule has 3 heteroatoms. The summed E-state index contributed by atoms with van der Waals surface area (Å²) in [6.07, 6.45) is 4.64. The summed E-state index contributed by atoms with van der Waals surface area (Å²) in [6.45, 7) is 6.96. The molecule has 0 amide bonds. The Morgan fingerprint density at radius 1 is 1.53 bits per heavy atom. The number of fused-ring (bicyclic) bond motifs is 3. The van der Waals surface area contributed by atoms with Crippen molar-refractivity contribution < 1.29 is 9.52 Å². The SMILES string of the molecule is C=CCC1(C)Cc2oc3ccc(O)cc3c2CCN1. The molecule has 0 fully saturated rings. The zero-order valence-electron chi connectivity index (χ0n) is 11.2. The first kappa shape index (κ1) is 12.3. The molecule has 1 aliphatic rings. The molecular formula is C16H19NO2. The minimum absolute atomic E-state index is 0.00290. The van der Waals surface area contributed by atoms with Crippen molar-refractivity contribution in [2.45, 2.75) is 31.7 Å². The third kappa shape index (κ3) is 2.15. The number of hydrogen-bond donors (Lipinski definition) is 2. The van der Waals surface area contributed by atoms with Crippen LogP contribution in [0.5, 0.6) is 5.75 Å². The van der Waals surface area contributed by atoms with Crippen LogP contribution in [0, 0.1) is 0 Å². The zero-order chi connectivity index (χ0) is 13.5. The maximum Gasteiger partial charge on any atom is 0.134 e. The largest absolute Gasteiger partial charge is 0.508 e. The van der Waals surface area contributed by atoms with E-state index in [4.69, 9.17) is 4.42 Å². The number of nitrogens with one attached hydrogen (secondary N) is 1. The monoisotopic (exact) mass is 257 g/mol. The van der Waals surface area contributed by atoms with Crippen molar-refractivity contribution in [1.82, 2.24) is 5.32 Å². The van der Waals surface area contributed by atoms with Gasteiger partial charge in [0.2, 0.25) is 0 Å². The van der Waals surface area contributed by atoms with Crippen LogP contribution in [0.3, 0.4) is 0 Å². The maximum absolute atomic E-state index is 9.64. The summed E-state index contributed by atoms with van der Waals surface area (Å²) in [5, 5.41) is 14.3. The summed E-state index contributed by atoms with van der Waals surface area (Å²) in [5.41, 5.74) is 2.10. The number of benzene rings is 1. The predicted molar refractivity (Wildman–Crippen MR) is 76.5 cm³/mol. The highest BCUT2D eigenvalue weighted by Gasteiger charge is 2.29. The smallest absolute Gasteiger partial charge is 0.134 e. The third-order valence-corrected chi connectivity index (χ3v) is 3.93. The highest BCUT2D eigenvalue weighted by Crippen LogP contribution is 2.33. The Morgan fingerprint density at radius 3 is 3.16 bits per heavy atom. The molecule has 0 radical (unpaired) electrons. The second-order valence-corrected chi connectivity index (χ2v) is 5.59. The van der Waals surface area contributed by atoms with Crippen molar-refractivity contribution in [3.8, 4) is 5.75 Å². The van der Waals surface area contributed by atoms with Gasteiger partial charge in [0.1, 0.15) is 17.1 Å². The average Bonchev–Trinajstić information content (AvgIpc) is 2.58. The molecule has 100 valence electrons. The Bertz CT molecular complexity index is 629. The summed E-state index contributed by atoms with van der Waals surface area (Å²) < 4.78 is 5.98. The molecule has 1 unspecified atom stereocenters. The summed E-state index contributed by atoms with van der Waals surface area (Å²) in [5.74, 6) is 1.33. The van der Waals surface area contributed by atoms with E-state index in [1.165, 1.54) is 5.56 Å². The molecule has 1 aliphatic heterocycles. The molecule has 2 heterocycles. The molecule has 3 nitrogen and oxygen atoms in total. The highest BCUT2D eigenvalue weighted by molar-refractivity contribution is 5.84. The van der Waals surface area contributed by atoms with Crippen molar-refractivity contribution in [2.24, 2.45) is 0 Å². The van der Waals surface area contributed by atoms with Crippen molar-refractivity contribution in [2.75, 3.05) is 6.54 Å². The molecule has 1 aromatic heterocycles. The van der Waals surface area contributed by atoms with Crippen LogP contribution in [0.4, 0.5) is 0 Å². The Balaban J connectivity index is 2.09. The van der Waals surface area contributed by atoms with Crippen LogP contribution in [0.1, 0.15) is 24.7 Å². The Kier molecular flexibility index (Phi) is 2.86. The number of rotatable bonds is 2. The lowest BCUT2D eigenvalue weighted by Crippen LogP contribution is -2.43. The van der Waals surface area contributed by atoms with Crippen LogP contribution in [0.15, 0.2) is 35.3 Å². The van der Waals surface area contributed by atoms with Crippen molar-refractivity contribution in [3.63, 3.8) is 0 Å². The van der Waals surface area contributed by atoms with Gasteiger partial charge in [-0.25, -0.2) is 0 Å². The number of aromatic hydroxyl groups is 1. The fourth-order valence-electron chi connectivity index (χ4n) is 2.97. The van der Waals surface area contributed by atoms with Gasteiger partial charge in [-0.2, -0.15) is 0 Å². The number of furan rings is 1. The maximum atomic E-state index is 9.64. The molecular weight excluding hydrogens is 238 g/mol. The van der Waals surface area contributed by atoms with Gasteiger partial charge in [-0.3, -0.25) is 0 Å². The van der Waals surface area contributed by atoms with E-state index >= 15 is 0 Å². The van der Waals surface area contributed by atoms with Gasteiger partial charge in [-0.15, -0.1) is 6.58 Å². The third-order valence-electron chi connectivity index (χ3n) is 3.93. The van der Waals surface area contributed by atoms with E-state index < -0.39 is 0 Å². The van der Waals surface area contributed by atoms with E-state index in [1.807, 2.05) is 12.1 Å². The number of phenols is 1. The van der Waals surface area contributed by atoms with E-state index in [9.17, 15) is 5.11 Å². The summed E-state index contributed by atoms with van der Waals surface area (Å²) >= 11 is 0. The molecule has 3 rings (SSSR count). The van der Waals surface area contributed by atoms with Crippen LogP contribution < -0.4 is 5.32 Å². The second kappa shape index (κ2) is 4.42. The lowest BCUT2D eigenvalue weighted by atomic mass is 9.92. The Hall–Kier alpha value is -1.74. The van der Waals surface area contributed by atoms with Gasteiger partial charge in [-0.1, -0.05) is 6.08 Å². The van der Waals surface area contributed by atoms with Crippen LogP contribution in [0.25, 0.3) is 11.0 Å². The van der Waals surface area contributed by atoms with Crippen molar-refractivity contribution in [1.29, 1.82) is 0 Å². The van der Waals surface area contributed by atoms with Gasteiger partial charge in [0.15, 0.2) is 0 Å². The van der Waals surface area contributed by atoms with Gasteiger partial charge in [0.25, 0.3) is 0 Å². The van der Waals surface area contributed by atoms with Gasteiger partial charge < -0.3 is 14.8 Å². The average molecular weight is 257 g/mol. The van der Waals surface area contributed by atoms with Gasteiger partial charge >= 0.3 is 0 Å². The summed E-state index contributed by atoms with van der Waals surface area (Å²) in [7, 11) is 0. The summed E-state index contributed by atoms with van der Waals surface area (Å²) in [4.78, 5) is 0. The fourth-order valence-corrected chi connectivity index (χ4v) is 2.97. The lowest BCUT2D eigenvalue weighted by Gasteiger charge is -2.27. The number of hydrogen-bond acceptors (Lipinski definition) is 3. The standard InChI is InChI=1S/C16H19NO2/c1-3-7-16(2)10-15-12(6-8-17-16)13-9-11(18)4-5-14(13)19-15/h3-5,9,17-18H,1,6-8,10H2,2H3. The summed E-state index contributed by atoms with van der Waals surface area (Å²) in [6, 6.07) is 5.32. The van der Waals surface area contributed by atoms with Crippen LogP contribution in [-0.2, 0) is 12.8 Å². The van der Waals surface area contributed by atoms with Gasteiger partial charge in [0.05, 0.1) is 0 Å². The number of phenolic OH excluding ortho intramolecular Hbond substituents is 1. The van der Waals surface area contributed by atoms with E-state index in [0.29, 0.717) is 5.75 Å². The second-order valence-electron chi connectivity index (χ2n) is 5.59. The van der Waals surface area contributed by atoms with E-state index in [1.54, 1.807) is 12.1 Å². The van der Waals surface area contributed by atoms with Crippen molar-refractivity contribution in [3.05, 3.63) is 42.2 Å². The molecule has 0 saturated carbocycles. The predicted octanol–water partition coefficient (Wildman–Crippen LogP) is 3.16. The molecule has 1 atom stereocenters. The Labute approximate surface area is 112 Å². The molecule has 2 aromatic rings. The quantitative estimate of drug-likeness (QED) is 0.812. The first-order chi connectivity index (χ1) is 9.11. The minimum Gasteiger partial charge on any atom is -0.508 e. The lowest BCUT2D eigenvalue weighted by molar-refractivity contribution is 0.346. The molecule has 0 saturated heterocycles. The minimum atomic E-state index is 0.00290. The first-order valence-corrected chi connectivity index (χ1v) is 6.70. The van der Waals surface area contributed by atoms with Crippen LogP contribution in [-0.4, -0.2) is 17.2 Å². The van der Waals surface area contributed by atoms with Gasteiger partial charge in [0, 0.05) is 22.9 Å². The van der Waals surface area contributed by atoms with Gasteiger partial charge in [-0.05, 0) is 44.5 Å². The van der Waals surface area contributed by atoms with E-state index in [-0.39, 0.29) is 5.54 Å². The molecule has 0 spiro atoms. The molecule has 19 heavy (non-hydrogen) atoms. The first-order valence-electron chi connectivity index (χ1n) is 6.70. The molecule has 2 N–H and O–H groups in total. The van der Waals surface area contributed by atoms with E-state index in [2.05, 4.69) is 18.8 Å². The van der Waals surface area contributed by atoms with Crippen LogP contribution >= 0.6 is 0 Å². The topological polar surface area (TPSA) is 45.4 Å². The molecule has 0 aliphatic carbocycles. The fraction of sp³-hybridized carbons (Fsp3) is 0.375. The molecule has 1 aromatic carbocycles. The Morgan fingerprint density at radius 2 is 2.37 bits per heavy atom. The molecule has 0 bridgehead atoms. The zero-order valence-corrected chi connectivity index (χ0v) is 11.2. The normalized spacial score (nSPS) is 23.0. The van der Waals surface area contributed by atoms with Crippen molar-refractivity contribution >= 4 is 11.0 Å². The van der Waals surface area contributed by atoms with Crippen LogP contribution in [0.2, 0.25) is 0 Å².